The number of hydrogen-bond acceptors (Lipinski definition) is 4. The number of carbonyl (C=O) groups excluding carboxylic acids is 1. The third-order valence-corrected chi connectivity index (χ3v) is 2.57. The minimum Gasteiger partial charge on any atom is -0.464 e. The van der Waals surface area contributed by atoms with Crippen LogP contribution in [0.4, 0.5) is 9.59 Å². The normalized spacial score (nSPS) is 12.1. The van der Waals surface area contributed by atoms with Gasteiger partial charge in [-0.25, -0.2) is 22.4 Å². The van der Waals surface area contributed by atoms with Crippen molar-refractivity contribution in [3.05, 3.63) is 0 Å². The molecular weight excluding hydrogens is 224 g/mol. The van der Waals surface area contributed by atoms with Crippen LogP contribution in [0, 0.1) is 0 Å². The fourth-order valence-electron chi connectivity index (χ4n) is 0.590. The van der Waals surface area contributed by atoms with Gasteiger partial charge in [0.05, 0.1) is 6.10 Å². The number of nitrogens with zero attached hydrogens (tertiary/aromatic N) is 2. The lowest BCUT2D eigenvalue weighted by atomic mass is 10.5. The quantitative estimate of drug-likeness (QED) is 0.780. The molecule has 8 heteroatoms. The molecule has 0 saturated heterocycles. The Kier molecular flexibility index (Phi) is 5.06. The number of carboxylic acid groups (broad SMARTS) is 1. The van der Waals surface area contributed by atoms with Crippen molar-refractivity contribution in [2.24, 2.45) is 0 Å². The summed E-state index contributed by atoms with van der Waals surface area (Å²) in [7, 11) is 2.29. The highest BCUT2D eigenvalue weighted by molar-refractivity contribution is 7.81. The van der Waals surface area contributed by atoms with E-state index in [0.29, 0.717) is 8.61 Å². The second-order valence-electron chi connectivity index (χ2n) is 2.94. The molecule has 0 aliphatic rings. The molecule has 0 spiro atoms. The number of hydrogen-bond donors (Lipinski definition) is 1. The molecule has 0 heterocycles. The molecule has 0 bridgehead atoms. The van der Waals surface area contributed by atoms with Gasteiger partial charge in [0, 0.05) is 14.1 Å². The van der Waals surface area contributed by atoms with Crippen molar-refractivity contribution in [3.8, 4) is 0 Å². The van der Waals surface area contributed by atoms with Crippen molar-refractivity contribution < 1.29 is 23.6 Å². The van der Waals surface area contributed by atoms with Crippen LogP contribution in [0.5, 0.6) is 0 Å². The Bertz CT molecular complexity index is 281. The molecular formula is C7H14N2O5S. The van der Waals surface area contributed by atoms with Crippen molar-refractivity contribution >= 4 is 23.4 Å². The molecule has 0 radical (unpaired) electrons. The second kappa shape index (κ2) is 5.54. The van der Waals surface area contributed by atoms with E-state index in [4.69, 9.17) is 9.84 Å². The van der Waals surface area contributed by atoms with Gasteiger partial charge in [-0.05, 0) is 13.8 Å². The summed E-state index contributed by atoms with van der Waals surface area (Å²) in [6.45, 7) is 3.27. The van der Waals surface area contributed by atoms with E-state index in [0.717, 1.165) is 7.05 Å². The van der Waals surface area contributed by atoms with Crippen molar-refractivity contribution in [1.82, 2.24) is 8.61 Å². The molecule has 0 aliphatic heterocycles. The third-order valence-electron chi connectivity index (χ3n) is 1.33. The summed E-state index contributed by atoms with van der Waals surface area (Å²) in [5.41, 5.74) is 0. The summed E-state index contributed by atoms with van der Waals surface area (Å²) in [4.78, 5) is 21.7. The Morgan fingerprint density at radius 2 is 1.73 bits per heavy atom. The highest BCUT2D eigenvalue weighted by Crippen LogP contribution is 2.02. The van der Waals surface area contributed by atoms with E-state index in [1.165, 1.54) is 7.05 Å². The van der Waals surface area contributed by atoms with Crippen LogP contribution < -0.4 is 0 Å². The maximum atomic E-state index is 11.4. The molecule has 0 aromatic carbocycles. The number of amides is 2. The largest absolute Gasteiger partial charge is 0.464 e. The van der Waals surface area contributed by atoms with Crippen LogP contribution in [0.2, 0.25) is 0 Å². The maximum absolute atomic E-state index is 11.4. The van der Waals surface area contributed by atoms with E-state index in [1.807, 2.05) is 0 Å². The maximum Gasteiger partial charge on any atom is 0.423 e. The van der Waals surface area contributed by atoms with Gasteiger partial charge in [-0.2, -0.15) is 0 Å². The van der Waals surface area contributed by atoms with Crippen LogP contribution in [0.1, 0.15) is 13.8 Å². The molecule has 1 N–H and O–H groups in total. The highest BCUT2D eigenvalue weighted by Gasteiger charge is 2.24. The average Bonchev–Trinajstić information content (AvgIpc) is 2.13. The van der Waals surface area contributed by atoms with E-state index in [-0.39, 0.29) is 6.10 Å². The van der Waals surface area contributed by atoms with Gasteiger partial charge in [-0.3, -0.25) is 0 Å². The molecule has 1 atom stereocenters. The molecule has 0 fully saturated rings. The predicted octanol–water partition coefficient (Wildman–Crippen LogP) is 0.652. The molecule has 1 unspecified atom stereocenters. The van der Waals surface area contributed by atoms with Gasteiger partial charge in [-0.1, -0.05) is 0 Å². The third kappa shape index (κ3) is 4.15. The summed E-state index contributed by atoms with van der Waals surface area (Å²) in [5.74, 6) is 0. The first-order chi connectivity index (χ1) is 6.77. The minimum absolute atomic E-state index is 0.355. The number of ether oxygens (including phenoxy) is 1. The van der Waals surface area contributed by atoms with Crippen molar-refractivity contribution in [1.29, 1.82) is 0 Å². The second-order valence-corrected chi connectivity index (χ2v) is 4.50. The van der Waals surface area contributed by atoms with Crippen LogP contribution in [-0.2, 0) is 15.9 Å². The Morgan fingerprint density at radius 3 is 2.07 bits per heavy atom. The summed E-state index contributed by atoms with van der Waals surface area (Å²) in [6.07, 6.45) is -2.58. The zero-order valence-corrected chi connectivity index (χ0v) is 9.78. The summed E-state index contributed by atoms with van der Waals surface area (Å²) >= 11 is -2.09. The fourth-order valence-corrected chi connectivity index (χ4v) is 1.26. The molecule has 0 aromatic rings. The SMILES string of the molecule is CC(C)OC(=O)N(C)S(=O)N(C)C(=O)O. The Balaban J connectivity index is 4.44. The van der Waals surface area contributed by atoms with Crippen molar-refractivity contribution in [2.75, 3.05) is 14.1 Å². The molecule has 2 amide bonds. The molecule has 15 heavy (non-hydrogen) atoms. The van der Waals surface area contributed by atoms with Crippen LogP contribution in [0.3, 0.4) is 0 Å². The fraction of sp³-hybridized carbons (Fsp3) is 0.714. The van der Waals surface area contributed by atoms with Crippen LogP contribution >= 0.6 is 0 Å². The lowest BCUT2D eigenvalue weighted by Gasteiger charge is -2.21. The molecule has 0 rings (SSSR count). The first-order valence-corrected chi connectivity index (χ1v) is 5.16. The first-order valence-electron chi connectivity index (χ1n) is 4.10. The highest BCUT2D eigenvalue weighted by atomic mass is 32.2. The standard InChI is InChI=1S/C7H14N2O5S/c1-5(2)14-7(12)9(4)15(13)8(3)6(10)11/h5H,1-4H3,(H,10,11). The van der Waals surface area contributed by atoms with Gasteiger partial charge < -0.3 is 9.84 Å². The molecule has 88 valence electrons. The average molecular weight is 238 g/mol. The predicted molar refractivity (Wildman–Crippen MR) is 53.3 cm³/mol. The lowest BCUT2D eigenvalue weighted by molar-refractivity contribution is 0.101. The van der Waals surface area contributed by atoms with Gasteiger partial charge in [0.15, 0.2) is 0 Å². The van der Waals surface area contributed by atoms with Crippen molar-refractivity contribution in [3.63, 3.8) is 0 Å². The van der Waals surface area contributed by atoms with Crippen molar-refractivity contribution in [2.45, 2.75) is 20.0 Å². The summed E-state index contributed by atoms with van der Waals surface area (Å²) in [5, 5.41) is 8.52. The number of rotatable bonds is 3. The first kappa shape index (κ1) is 13.7. The Labute approximate surface area is 90.3 Å². The molecule has 7 nitrogen and oxygen atoms in total. The van der Waals surface area contributed by atoms with E-state index in [2.05, 4.69) is 0 Å². The molecule has 0 aromatic heterocycles. The van der Waals surface area contributed by atoms with Gasteiger partial charge in [0.25, 0.3) is 0 Å². The molecule has 0 aliphatic carbocycles. The zero-order chi connectivity index (χ0) is 12.2. The lowest BCUT2D eigenvalue weighted by Crippen LogP contribution is -2.41. The van der Waals surface area contributed by atoms with E-state index >= 15 is 0 Å². The van der Waals surface area contributed by atoms with Crippen LogP contribution in [0.25, 0.3) is 0 Å². The van der Waals surface area contributed by atoms with Gasteiger partial charge in [-0.15, -0.1) is 0 Å². The Morgan fingerprint density at radius 1 is 1.27 bits per heavy atom. The Hall–Kier alpha value is -1.31. The van der Waals surface area contributed by atoms with E-state index in [9.17, 15) is 13.8 Å². The number of carbonyl (C=O) groups is 2. The van der Waals surface area contributed by atoms with E-state index in [1.54, 1.807) is 13.8 Å². The van der Waals surface area contributed by atoms with Gasteiger partial charge in [0.1, 0.15) is 0 Å². The summed E-state index contributed by atoms with van der Waals surface area (Å²) < 4.78 is 17.3. The van der Waals surface area contributed by atoms with Crippen LogP contribution in [-0.4, -0.2) is 50.3 Å². The molecule has 0 saturated carbocycles. The van der Waals surface area contributed by atoms with Gasteiger partial charge >= 0.3 is 12.2 Å². The smallest absolute Gasteiger partial charge is 0.423 e. The topological polar surface area (TPSA) is 87.2 Å². The van der Waals surface area contributed by atoms with Gasteiger partial charge in [0.2, 0.25) is 11.2 Å². The van der Waals surface area contributed by atoms with Crippen LogP contribution in [0.15, 0.2) is 0 Å². The van der Waals surface area contributed by atoms with E-state index < -0.39 is 23.4 Å². The monoisotopic (exact) mass is 238 g/mol. The zero-order valence-electron chi connectivity index (χ0n) is 8.96. The summed E-state index contributed by atoms with van der Waals surface area (Å²) in [6, 6.07) is 0. The minimum atomic E-state index is -2.09.